The van der Waals surface area contributed by atoms with Crippen LogP contribution in [-0.2, 0) is 0 Å². The maximum absolute atomic E-state index is 3.76. The molecule has 6 rings (SSSR count). The second-order valence-corrected chi connectivity index (χ2v) is 9.20. The van der Waals surface area contributed by atoms with Gasteiger partial charge in [-0.2, -0.15) is 0 Å². The Kier molecular flexibility index (Phi) is 2.87. The summed E-state index contributed by atoms with van der Waals surface area (Å²) >= 11 is 7.58. The molecule has 0 aliphatic carbocycles. The Morgan fingerprint density at radius 2 is 1.24 bits per heavy atom. The summed E-state index contributed by atoms with van der Waals surface area (Å²) in [6.07, 6.45) is 0. The Bertz CT molecular complexity index is 1450. The highest BCUT2D eigenvalue weighted by molar-refractivity contribution is 9.10. The summed E-state index contributed by atoms with van der Waals surface area (Å²) in [5.74, 6) is 0. The van der Waals surface area contributed by atoms with E-state index in [9.17, 15) is 0 Å². The molecule has 0 amide bonds. The van der Waals surface area contributed by atoms with E-state index >= 15 is 0 Å². The minimum absolute atomic E-state index is 1.18. The van der Waals surface area contributed by atoms with Crippen LogP contribution < -0.4 is 0 Å². The number of benzene rings is 4. The van der Waals surface area contributed by atoms with E-state index in [4.69, 9.17) is 0 Å². The van der Waals surface area contributed by atoms with Crippen molar-refractivity contribution in [2.75, 3.05) is 0 Å². The smallest absolute Gasteiger partial charge is 0.0497 e. The third kappa shape index (κ3) is 1.81. The fraction of sp³-hybridized carbons (Fsp3) is 0. The SMILES string of the molecule is Brc1cccc2c1sc1c2c2ccccc2c2sc3ccccc3c21. The van der Waals surface area contributed by atoms with Crippen LogP contribution in [0.4, 0.5) is 0 Å². The summed E-state index contributed by atoms with van der Waals surface area (Å²) in [7, 11) is 0. The molecule has 0 aliphatic heterocycles. The molecule has 0 bridgehead atoms. The molecule has 0 saturated heterocycles. The van der Waals surface area contributed by atoms with Gasteiger partial charge in [0.25, 0.3) is 0 Å². The van der Waals surface area contributed by atoms with E-state index in [0.717, 1.165) is 0 Å². The van der Waals surface area contributed by atoms with Gasteiger partial charge in [-0.1, -0.05) is 54.6 Å². The zero-order valence-electron chi connectivity index (χ0n) is 13.0. The predicted molar refractivity (Wildman–Crippen MR) is 117 cm³/mol. The van der Waals surface area contributed by atoms with Crippen molar-refractivity contribution in [3.8, 4) is 0 Å². The van der Waals surface area contributed by atoms with E-state index in [1.54, 1.807) is 0 Å². The third-order valence-electron chi connectivity index (χ3n) is 4.93. The van der Waals surface area contributed by atoms with Crippen molar-refractivity contribution in [2.45, 2.75) is 0 Å². The normalized spacial score (nSPS) is 12.2. The van der Waals surface area contributed by atoms with E-state index in [0.29, 0.717) is 0 Å². The molecule has 0 nitrogen and oxygen atoms in total. The number of fused-ring (bicyclic) bond motifs is 10. The minimum atomic E-state index is 1.18. The molecule has 3 heteroatoms. The quantitative estimate of drug-likeness (QED) is 0.232. The lowest BCUT2D eigenvalue weighted by atomic mass is 10.0. The zero-order valence-corrected chi connectivity index (χ0v) is 16.3. The van der Waals surface area contributed by atoms with Crippen LogP contribution in [0.2, 0.25) is 0 Å². The average molecular weight is 419 g/mol. The molecular weight excluding hydrogens is 408 g/mol. The Balaban J connectivity index is 2.08. The van der Waals surface area contributed by atoms with Gasteiger partial charge in [-0.15, -0.1) is 22.7 Å². The molecule has 0 spiro atoms. The number of rotatable bonds is 0. The van der Waals surface area contributed by atoms with Gasteiger partial charge in [0.1, 0.15) is 0 Å². The highest BCUT2D eigenvalue weighted by Crippen LogP contribution is 2.49. The summed E-state index contributed by atoms with van der Waals surface area (Å²) < 4.78 is 6.71. The van der Waals surface area contributed by atoms with Crippen LogP contribution in [0, 0.1) is 0 Å². The second kappa shape index (κ2) is 5.04. The van der Waals surface area contributed by atoms with E-state index in [-0.39, 0.29) is 0 Å². The molecule has 0 saturated carbocycles. The molecule has 0 fully saturated rings. The number of thiophene rings is 2. The average Bonchev–Trinajstić information content (AvgIpc) is 3.21. The van der Waals surface area contributed by atoms with Gasteiger partial charge in [0, 0.05) is 50.2 Å². The lowest BCUT2D eigenvalue weighted by Gasteiger charge is -2.04. The van der Waals surface area contributed by atoms with E-state index in [1.165, 1.54) is 55.6 Å². The monoisotopic (exact) mass is 418 g/mol. The standard InChI is InChI=1S/C22H11BrS2/c23-16-10-5-9-15-18-12-6-1-2-7-13(12)21-19(22(18)25-20(15)16)14-8-3-4-11-17(14)24-21/h1-11H. The first-order valence-electron chi connectivity index (χ1n) is 8.15. The molecule has 4 aromatic carbocycles. The van der Waals surface area contributed by atoms with E-state index in [1.807, 2.05) is 22.7 Å². The van der Waals surface area contributed by atoms with Gasteiger partial charge in [-0.05, 0) is 33.4 Å². The van der Waals surface area contributed by atoms with Crippen molar-refractivity contribution in [1.29, 1.82) is 0 Å². The molecule has 0 radical (unpaired) electrons. The molecule has 0 unspecified atom stereocenters. The molecule has 2 heterocycles. The van der Waals surface area contributed by atoms with E-state index < -0.39 is 0 Å². The highest BCUT2D eigenvalue weighted by atomic mass is 79.9. The maximum Gasteiger partial charge on any atom is 0.0497 e. The first-order valence-corrected chi connectivity index (χ1v) is 10.6. The van der Waals surface area contributed by atoms with Gasteiger partial charge in [0.15, 0.2) is 0 Å². The third-order valence-corrected chi connectivity index (χ3v) is 8.31. The molecular formula is C22H11BrS2. The molecule has 118 valence electrons. The van der Waals surface area contributed by atoms with Crippen molar-refractivity contribution in [1.82, 2.24) is 0 Å². The van der Waals surface area contributed by atoms with Crippen molar-refractivity contribution in [3.63, 3.8) is 0 Å². The molecule has 0 aliphatic rings. The highest BCUT2D eigenvalue weighted by Gasteiger charge is 2.18. The summed E-state index contributed by atoms with van der Waals surface area (Å²) in [6, 6.07) is 24.2. The van der Waals surface area contributed by atoms with Gasteiger partial charge >= 0.3 is 0 Å². The Labute approximate surface area is 160 Å². The summed E-state index contributed by atoms with van der Waals surface area (Å²) in [5, 5.41) is 8.27. The predicted octanol–water partition coefficient (Wildman–Crippen LogP) is 8.34. The Morgan fingerprint density at radius 3 is 2.12 bits per heavy atom. The first-order chi connectivity index (χ1) is 12.3. The Morgan fingerprint density at radius 1 is 0.520 bits per heavy atom. The maximum atomic E-state index is 3.76. The number of hydrogen-bond acceptors (Lipinski definition) is 2. The summed E-state index contributed by atoms with van der Waals surface area (Å²) in [4.78, 5) is 0. The van der Waals surface area contributed by atoms with Crippen LogP contribution >= 0.6 is 38.6 Å². The zero-order chi connectivity index (χ0) is 16.5. The second-order valence-electron chi connectivity index (χ2n) is 6.27. The largest absolute Gasteiger partial charge is 0.134 e. The number of halogens is 1. The van der Waals surface area contributed by atoms with Crippen LogP contribution in [-0.4, -0.2) is 0 Å². The summed E-state index contributed by atoms with van der Waals surface area (Å²) in [5.41, 5.74) is 0. The lowest BCUT2D eigenvalue weighted by molar-refractivity contribution is 1.80. The molecule has 6 aromatic rings. The van der Waals surface area contributed by atoms with Crippen molar-refractivity contribution >= 4 is 89.7 Å². The van der Waals surface area contributed by atoms with Gasteiger partial charge in [-0.3, -0.25) is 0 Å². The molecule has 0 atom stereocenters. The van der Waals surface area contributed by atoms with Gasteiger partial charge in [0.05, 0.1) is 0 Å². The van der Waals surface area contributed by atoms with E-state index in [2.05, 4.69) is 82.7 Å². The van der Waals surface area contributed by atoms with Crippen molar-refractivity contribution in [2.24, 2.45) is 0 Å². The molecule has 25 heavy (non-hydrogen) atoms. The van der Waals surface area contributed by atoms with Crippen LogP contribution in [0.3, 0.4) is 0 Å². The van der Waals surface area contributed by atoms with Crippen molar-refractivity contribution < 1.29 is 0 Å². The lowest BCUT2D eigenvalue weighted by Crippen LogP contribution is -1.76. The fourth-order valence-corrected chi connectivity index (χ4v) is 7.10. The van der Waals surface area contributed by atoms with Gasteiger partial charge < -0.3 is 0 Å². The van der Waals surface area contributed by atoms with Gasteiger partial charge in [0.2, 0.25) is 0 Å². The molecule has 2 aromatic heterocycles. The fourth-order valence-electron chi connectivity index (χ4n) is 3.89. The van der Waals surface area contributed by atoms with Crippen LogP contribution in [0.15, 0.2) is 71.2 Å². The number of hydrogen-bond donors (Lipinski definition) is 0. The van der Waals surface area contributed by atoms with Crippen molar-refractivity contribution in [3.05, 3.63) is 71.2 Å². The summed E-state index contributed by atoms with van der Waals surface area (Å²) in [6.45, 7) is 0. The van der Waals surface area contributed by atoms with Gasteiger partial charge in [-0.25, -0.2) is 0 Å². The molecule has 0 N–H and O–H groups in total. The van der Waals surface area contributed by atoms with Crippen LogP contribution in [0.5, 0.6) is 0 Å². The topological polar surface area (TPSA) is 0 Å². The minimum Gasteiger partial charge on any atom is -0.134 e. The first kappa shape index (κ1) is 14.3. The Hall–Kier alpha value is -1.94. The van der Waals surface area contributed by atoms with Crippen LogP contribution in [0.1, 0.15) is 0 Å². The van der Waals surface area contributed by atoms with Crippen LogP contribution in [0.25, 0.3) is 51.1 Å².